The zero-order valence-corrected chi connectivity index (χ0v) is 10.0. The van der Waals surface area contributed by atoms with Crippen LogP contribution in [0.25, 0.3) is 0 Å². The minimum atomic E-state index is -3.52. The molecule has 2 aromatic heterocycles. The summed E-state index contributed by atoms with van der Waals surface area (Å²) >= 11 is 0. The Morgan fingerprint density at radius 1 is 1.35 bits per heavy atom. The van der Waals surface area contributed by atoms with E-state index in [9.17, 15) is 8.42 Å². The molecule has 0 bridgehead atoms. The number of aryl methyl sites for hydroxylation is 1. The van der Waals surface area contributed by atoms with Gasteiger partial charge >= 0.3 is 0 Å². The highest BCUT2D eigenvalue weighted by Gasteiger charge is 2.14. The van der Waals surface area contributed by atoms with Gasteiger partial charge in [-0.2, -0.15) is 5.10 Å². The Labute approximate surface area is 99.1 Å². The Morgan fingerprint density at radius 3 is 2.82 bits per heavy atom. The van der Waals surface area contributed by atoms with Crippen LogP contribution < -0.4 is 4.72 Å². The number of nitrogens with one attached hydrogen (secondary N) is 2. The second-order valence-electron chi connectivity index (χ2n) is 3.55. The smallest absolute Gasteiger partial charge is 0.257 e. The lowest BCUT2D eigenvalue weighted by molar-refractivity contribution is 0.577. The van der Waals surface area contributed by atoms with Gasteiger partial charge in [-0.15, -0.1) is 0 Å². The highest BCUT2D eigenvalue weighted by atomic mass is 32.2. The molecule has 0 spiro atoms. The Kier molecular flexibility index (Phi) is 3.21. The number of aromatic nitrogens is 3. The zero-order valence-electron chi connectivity index (χ0n) is 9.21. The second-order valence-corrected chi connectivity index (χ2v) is 5.28. The standard InChI is InChI=1S/C10H12N4O2S/c1-8-6-11-4-2-9(8)7-13-17(15,16)10-3-5-12-14-10/h2-6,13H,7H2,1H3,(H,12,14). The molecule has 7 heteroatoms. The van der Waals surface area contributed by atoms with Crippen LogP contribution in [0.3, 0.4) is 0 Å². The number of rotatable bonds is 4. The summed E-state index contributed by atoms with van der Waals surface area (Å²) in [6.45, 7) is 2.11. The Balaban J connectivity index is 2.12. The highest BCUT2D eigenvalue weighted by Crippen LogP contribution is 2.07. The van der Waals surface area contributed by atoms with Crippen molar-refractivity contribution < 1.29 is 8.42 Å². The van der Waals surface area contributed by atoms with Gasteiger partial charge in [-0.1, -0.05) is 0 Å². The SMILES string of the molecule is Cc1cnccc1CNS(=O)(=O)c1ccn[nH]1. The molecule has 2 N–H and O–H groups in total. The molecule has 2 rings (SSSR count). The van der Waals surface area contributed by atoms with Gasteiger partial charge in [0.1, 0.15) is 0 Å². The Bertz CT molecular complexity index is 593. The maximum atomic E-state index is 11.8. The van der Waals surface area contributed by atoms with Crippen LogP contribution in [0.5, 0.6) is 0 Å². The van der Waals surface area contributed by atoms with Gasteiger partial charge in [-0.25, -0.2) is 13.1 Å². The van der Waals surface area contributed by atoms with Gasteiger partial charge in [-0.05, 0) is 30.2 Å². The molecule has 0 aliphatic heterocycles. The number of hydrogen-bond donors (Lipinski definition) is 2. The fraction of sp³-hybridized carbons (Fsp3) is 0.200. The molecule has 0 amide bonds. The number of H-pyrrole nitrogens is 1. The van der Waals surface area contributed by atoms with E-state index in [1.807, 2.05) is 6.92 Å². The molecule has 0 fully saturated rings. The first kappa shape index (κ1) is 11.7. The summed E-state index contributed by atoms with van der Waals surface area (Å²) in [6, 6.07) is 3.19. The summed E-state index contributed by atoms with van der Waals surface area (Å²) in [5.41, 5.74) is 1.84. The molecule has 0 atom stereocenters. The molecule has 6 nitrogen and oxygen atoms in total. The van der Waals surface area contributed by atoms with Crippen molar-refractivity contribution in [2.24, 2.45) is 0 Å². The van der Waals surface area contributed by atoms with Crippen molar-refractivity contribution in [2.45, 2.75) is 18.5 Å². The molecule has 0 aromatic carbocycles. The van der Waals surface area contributed by atoms with Crippen LogP contribution in [-0.4, -0.2) is 23.6 Å². The lowest BCUT2D eigenvalue weighted by Gasteiger charge is -2.06. The first-order valence-electron chi connectivity index (χ1n) is 4.98. The van der Waals surface area contributed by atoms with Gasteiger partial charge in [0, 0.05) is 18.9 Å². The zero-order chi connectivity index (χ0) is 12.3. The molecule has 2 heterocycles. The lowest BCUT2D eigenvalue weighted by atomic mass is 10.2. The van der Waals surface area contributed by atoms with Gasteiger partial charge in [0.05, 0.1) is 6.20 Å². The van der Waals surface area contributed by atoms with Crippen LogP contribution in [-0.2, 0) is 16.6 Å². The van der Waals surface area contributed by atoms with Crippen molar-refractivity contribution in [2.75, 3.05) is 0 Å². The quantitative estimate of drug-likeness (QED) is 0.833. The van der Waals surface area contributed by atoms with Crippen molar-refractivity contribution in [3.8, 4) is 0 Å². The van der Waals surface area contributed by atoms with Crippen molar-refractivity contribution in [3.63, 3.8) is 0 Å². The van der Waals surface area contributed by atoms with Crippen LogP contribution in [0.15, 0.2) is 35.7 Å². The van der Waals surface area contributed by atoms with Crippen LogP contribution in [0.2, 0.25) is 0 Å². The topological polar surface area (TPSA) is 87.7 Å². The third-order valence-electron chi connectivity index (χ3n) is 2.35. The molecular formula is C10H12N4O2S. The predicted octanol–water partition coefficient (Wildman–Crippen LogP) is 0.592. The summed E-state index contributed by atoms with van der Waals surface area (Å²) in [5.74, 6) is 0. The van der Waals surface area contributed by atoms with Gasteiger partial charge in [-0.3, -0.25) is 10.1 Å². The van der Waals surface area contributed by atoms with E-state index < -0.39 is 10.0 Å². The molecule has 0 aliphatic carbocycles. The molecule has 0 saturated heterocycles. The van der Waals surface area contributed by atoms with Gasteiger partial charge in [0.15, 0.2) is 5.03 Å². The summed E-state index contributed by atoms with van der Waals surface area (Å²) < 4.78 is 26.1. The largest absolute Gasteiger partial charge is 0.266 e. The minimum Gasteiger partial charge on any atom is -0.266 e. The van der Waals surface area contributed by atoms with E-state index in [4.69, 9.17) is 0 Å². The maximum absolute atomic E-state index is 11.8. The molecular weight excluding hydrogens is 240 g/mol. The molecule has 0 unspecified atom stereocenters. The summed E-state index contributed by atoms with van der Waals surface area (Å²) in [6.07, 6.45) is 4.72. The highest BCUT2D eigenvalue weighted by molar-refractivity contribution is 7.89. The van der Waals surface area contributed by atoms with Gasteiger partial charge in [0.2, 0.25) is 0 Å². The first-order valence-corrected chi connectivity index (χ1v) is 6.46. The van der Waals surface area contributed by atoms with E-state index in [0.29, 0.717) is 0 Å². The summed E-state index contributed by atoms with van der Waals surface area (Å²) in [7, 11) is -3.52. The van der Waals surface area contributed by atoms with Crippen LogP contribution in [0.1, 0.15) is 11.1 Å². The van der Waals surface area contributed by atoms with Crippen LogP contribution in [0, 0.1) is 6.92 Å². The van der Waals surface area contributed by atoms with Gasteiger partial charge in [0.25, 0.3) is 10.0 Å². The van der Waals surface area contributed by atoms with E-state index in [1.165, 1.54) is 12.3 Å². The van der Waals surface area contributed by atoms with E-state index in [2.05, 4.69) is 19.9 Å². The molecule has 17 heavy (non-hydrogen) atoms. The maximum Gasteiger partial charge on any atom is 0.257 e. The van der Waals surface area contributed by atoms with E-state index in [-0.39, 0.29) is 11.6 Å². The molecule has 2 aromatic rings. The average Bonchev–Trinajstić information content (AvgIpc) is 2.82. The first-order chi connectivity index (χ1) is 8.09. The van der Waals surface area contributed by atoms with E-state index in [1.54, 1.807) is 18.5 Å². The number of hydrogen-bond acceptors (Lipinski definition) is 4. The molecule has 0 saturated carbocycles. The van der Waals surface area contributed by atoms with Crippen LogP contribution in [0.4, 0.5) is 0 Å². The van der Waals surface area contributed by atoms with Crippen molar-refractivity contribution >= 4 is 10.0 Å². The summed E-state index contributed by atoms with van der Waals surface area (Å²) in [4.78, 5) is 3.95. The predicted molar refractivity (Wildman–Crippen MR) is 61.6 cm³/mol. The normalized spacial score (nSPS) is 11.6. The number of nitrogens with zero attached hydrogens (tertiary/aromatic N) is 2. The molecule has 90 valence electrons. The van der Waals surface area contributed by atoms with E-state index in [0.717, 1.165) is 11.1 Å². The second kappa shape index (κ2) is 4.64. The van der Waals surface area contributed by atoms with Gasteiger partial charge < -0.3 is 0 Å². The van der Waals surface area contributed by atoms with Crippen molar-refractivity contribution in [1.29, 1.82) is 0 Å². The molecule has 0 radical (unpaired) electrons. The number of pyridine rings is 1. The fourth-order valence-electron chi connectivity index (χ4n) is 1.34. The minimum absolute atomic E-state index is 0.0595. The van der Waals surface area contributed by atoms with Crippen LogP contribution >= 0.6 is 0 Å². The Morgan fingerprint density at radius 2 is 2.18 bits per heavy atom. The fourth-order valence-corrected chi connectivity index (χ4v) is 2.26. The molecule has 0 aliphatic rings. The third kappa shape index (κ3) is 2.69. The number of aromatic amines is 1. The van der Waals surface area contributed by atoms with Crippen molar-refractivity contribution in [3.05, 3.63) is 41.9 Å². The van der Waals surface area contributed by atoms with E-state index >= 15 is 0 Å². The van der Waals surface area contributed by atoms with Crippen molar-refractivity contribution in [1.82, 2.24) is 19.9 Å². The number of sulfonamides is 1. The average molecular weight is 252 g/mol. The monoisotopic (exact) mass is 252 g/mol. The third-order valence-corrected chi connectivity index (χ3v) is 3.68. The summed E-state index contributed by atoms with van der Waals surface area (Å²) in [5, 5.41) is 6.08. The Hall–Kier alpha value is -1.73. The lowest BCUT2D eigenvalue weighted by Crippen LogP contribution is -2.24.